The van der Waals surface area contributed by atoms with Gasteiger partial charge < -0.3 is 18.3 Å². The van der Waals surface area contributed by atoms with E-state index < -0.39 is 16.6 Å². The van der Waals surface area contributed by atoms with E-state index in [1.54, 1.807) is 14.2 Å². The topological polar surface area (TPSA) is 36.9 Å². The van der Waals surface area contributed by atoms with Gasteiger partial charge in [-0.15, -0.1) is 0 Å². The molecule has 1 aromatic carbocycles. The smallest absolute Gasteiger partial charge is 0.268 e. The van der Waals surface area contributed by atoms with E-state index >= 15 is 0 Å². The Morgan fingerprint density at radius 2 is 1.38 bits per heavy atom. The summed E-state index contributed by atoms with van der Waals surface area (Å²) in [6, 6.07) is 7.84. The first-order valence-electron chi connectivity index (χ1n) is 8.02. The lowest BCUT2D eigenvalue weighted by atomic mass is 10.2. The SMILES string of the molecule is CO/C(=C\C(=C/c1ccc(OC)cc1)O[Si](C)(C)C)O[Si](C)(C)C. The number of benzene rings is 1. The number of allylic oxidation sites excluding steroid dienone is 1. The number of methoxy groups -OCH3 is 2. The van der Waals surface area contributed by atoms with Gasteiger partial charge >= 0.3 is 0 Å². The summed E-state index contributed by atoms with van der Waals surface area (Å²) < 4.78 is 22.7. The second-order valence-corrected chi connectivity index (χ2v) is 16.3. The van der Waals surface area contributed by atoms with Crippen molar-refractivity contribution in [2.45, 2.75) is 39.3 Å². The molecule has 0 heterocycles. The van der Waals surface area contributed by atoms with Crippen LogP contribution in [-0.4, -0.2) is 30.9 Å². The highest BCUT2D eigenvalue weighted by atomic mass is 28.4. The maximum Gasteiger partial charge on any atom is 0.268 e. The minimum atomic E-state index is -1.77. The van der Waals surface area contributed by atoms with Gasteiger partial charge in [-0.3, -0.25) is 0 Å². The zero-order chi connectivity index (χ0) is 18.4. The molecule has 0 aliphatic carbocycles. The third-order valence-electron chi connectivity index (χ3n) is 2.72. The molecule has 0 saturated heterocycles. The number of ether oxygens (including phenoxy) is 2. The Bertz CT molecular complexity index is 579. The Labute approximate surface area is 148 Å². The monoisotopic (exact) mass is 366 g/mol. The quantitative estimate of drug-likeness (QED) is 0.359. The van der Waals surface area contributed by atoms with Crippen LogP contribution in [0.3, 0.4) is 0 Å². The van der Waals surface area contributed by atoms with Crippen molar-refractivity contribution in [1.29, 1.82) is 0 Å². The van der Waals surface area contributed by atoms with Crippen molar-refractivity contribution in [3.8, 4) is 5.75 Å². The van der Waals surface area contributed by atoms with E-state index in [0.717, 1.165) is 17.1 Å². The van der Waals surface area contributed by atoms with Gasteiger partial charge in [0.25, 0.3) is 5.95 Å². The second kappa shape index (κ2) is 8.44. The van der Waals surface area contributed by atoms with E-state index in [0.29, 0.717) is 5.95 Å². The van der Waals surface area contributed by atoms with E-state index in [1.165, 1.54) is 0 Å². The lowest BCUT2D eigenvalue weighted by Gasteiger charge is -2.23. The predicted octanol–water partition coefficient (Wildman–Crippen LogP) is 5.23. The van der Waals surface area contributed by atoms with Crippen LogP contribution in [0.4, 0.5) is 0 Å². The Morgan fingerprint density at radius 3 is 1.79 bits per heavy atom. The first-order chi connectivity index (χ1) is 11.0. The van der Waals surface area contributed by atoms with E-state index in [1.807, 2.05) is 36.4 Å². The fourth-order valence-electron chi connectivity index (χ4n) is 1.87. The van der Waals surface area contributed by atoms with Crippen molar-refractivity contribution in [2.24, 2.45) is 0 Å². The van der Waals surface area contributed by atoms with Crippen LogP contribution in [0.15, 0.2) is 42.0 Å². The van der Waals surface area contributed by atoms with Crippen LogP contribution < -0.4 is 4.74 Å². The molecule has 4 nitrogen and oxygen atoms in total. The van der Waals surface area contributed by atoms with Crippen LogP contribution in [0.1, 0.15) is 5.56 Å². The Balaban J connectivity index is 3.16. The molecule has 0 saturated carbocycles. The van der Waals surface area contributed by atoms with Gasteiger partial charge in [0.15, 0.2) is 0 Å². The first kappa shape index (κ1) is 20.4. The second-order valence-electron chi connectivity index (χ2n) is 7.42. The molecule has 0 amide bonds. The molecule has 0 aromatic heterocycles. The number of hydrogen-bond donors (Lipinski definition) is 0. The van der Waals surface area contributed by atoms with Gasteiger partial charge in [-0.2, -0.15) is 0 Å². The fourth-order valence-corrected chi connectivity index (χ4v) is 3.44. The first-order valence-corrected chi connectivity index (χ1v) is 14.8. The van der Waals surface area contributed by atoms with Gasteiger partial charge in [0.05, 0.1) is 20.3 Å². The summed E-state index contributed by atoms with van der Waals surface area (Å²) in [4.78, 5) is 0. The Hall–Kier alpha value is -1.67. The van der Waals surface area contributed by atoms with E-state index in [4.69, 9.17) is 18.3 Å². The average Bonchev–Trinajstić information content (AvgIpc) is 2.44. The molecule has 1 aromatic rings. The molecule has 6 heteroatoms. The molecule has 0 unspecified atom stereocenters. The normalized spacial score (nSPS) is 13.5. The third-order valence-corrected chi connectivity index (χ3v) is 4.38. The zero-order valence-corrected chi connectivity index (χ0v) is 18.1. The van der Waals surface area contributed by atoms with Crippen LogP contribution in [0.5, 0.6) is 5.75 Å². The molecule has 0 N–H and O–H groups in total. The minimum absolute atomic E-state index is 0.493. The summed E-state index contributed by atoms with van der Waals surface area (Å²) in [6.07, 6.45) is 3.82. The van der Waals surface area contributed by atoms with Crippen molar-refractivity contribution in [2.75, 3.05) is 14.2 Å². The molecule has 1 rings (SSSR count). The maximum absolute atomic E-state index is 6.19. The summed E-state index contributed by atoms with van der Waals surface area (Å²) in [5, 5.41) is 0. The van der Waals surface area contributed by atoms with Crippen molar-refractivity contribution >= 4 is 22.7 Å². The molecule has 134 valence electrons. The van der Waals surface area contributed by atoms with Crippen molar-refractivity contribution in [3.63, 3.8) is 0 Å². The lowest BCUT2D eigenvalue weighted by molar-refractivity contribution is 0.145. The van der Waals surface area contributed by atoms with E-state index in [2.05, 4.69) is 39.3 Å². The van der Waals surface area contributed by atoms with E-state index in [9.17, 15) is 0 Å². The summed E-state index contributed by atoms with van der Waals surface area (Å²) in [6.45, 7) is 12.8. The fraction of sp³-hybridized carbons (Fsp3) is 0.444. The predicted molar refractivity (Wildman–Crippen MR) is 105 cm³/mol. The number of rotatable bonds is 8. The lowest BCUT2D eigenvalue weighted by Crippen LogP contribution is -2.26. The van der Waals surface area contributed by atoms with Gasteiger partial charge in [0.2, 0.25) is 16.6 Å². The van der Waals surface area contributed by atoms with Gasteiger partial charge in [-0.25, -0.2) is 0 Å². The molecule has 0 aliphatic heterocycles. The molecule has 0 spiro atoms. The number of hydrogen-bond acceptors (Lipinski definition) is 4. The summed E-state index contributed by atoms with van der Waals surface area (Å²) >= 11 is 0. The van der Waals surface area contributed by atoms with Crippen molar-refractivity contribution in [1.82, 2.24) is 0 Å². The highest BCUT2D eigenvalue weighted by Gasteiger charge is 2.21. The molecule has 0 bridgehead atoms. The largest absolute Gasteiger partial charge is 0.544 e. The van der Waals surface area contributed by atoms with Gasteiger partial charge in [0.1, 0.15) is 11.5 Å². The highest BCUT2D eigenvalue weighted by molar-refractivity contribution is 6.70. The summed E-state index contributed by atoms with van der Waals surface area (Å²) in [7, 11) is -0.245. The van der Waals surface area contributed by atoms with Gasteiger partial charge in [-0.1, -0.05) is 12.1 Å². The van der Waals surface area contributed by atoms with Crippen LogP contribution in [-0.2, 0) is 13.6 Å². The van der Waals surface area contributed by atoms with E-state index in [-0.39, 0.29) is 0 Å². The van der Waals surface area contributed by atoms with Crippen LogP contribution in [0, 0.1) is 0 Å². The van der Waals surface area contributed by atoms with Crippen LogP contribution in [0.25, 0.3) is 6.08 Å². The third kappa shape index (κ3) is 8.26. The molecule has 0 radical (unpaired) electrons. The molecule has 0 aliphatic rings. The van der Waals surface area contributed by atoms with Crippen LogP contribution in [0.2, 0.25) is 39.3 Å². The standard InChI is InChI=1S/C18H30O4Si2/c1-19-16-11-9-15(10-12-16)13-17(21-23(3,4)5)14-18(20-2)22-24(6,7)8/h9-14H,1-8H3/b17-13+,18-14+. The maximum atomic E-state index is 6.19. The van der Waals surface area contributed by atoms with Crippen molar-refractivity contribution in [3.05, 3.63) is 47.6 Å². The molecular formula is C18H30O4Si2. The Kier molecular flexibility index (Phi) is 7.16. The zero-order valence-electron chi connectivity index (χ0n) is 16.1. The molecular weight excluding hydrogens is 336 g/mol. The Morgan fingerprint density at radius 1 is 0.833 bits per heavy atom. The van der Waals surface area contributed by atoms with Crippen molar-refractivity contribution < 1.29 is 18.3 Å². The summed E-state index contributed by atoms with van der Waals surface area (Å²) in [5.41, 5.74) is 1.03. The van der Waals surface area contributed by atoms with Crippen LogP contribution >= 0.6 is 0 Å². The molecule has 0 fully saturated rings. The van der Waals surface area contributed by atoms with Gasteiger partial charge in [-0.05, 0) is 63.1 Å². The molecule has 24 heavy (non-hydrogen) atoms. The highest BCUT2D eigenvalue weighted by Crippen LogP contribution is 2.21. The summed E-state index contributed by atoms with van der Waals surface area (Å²) in [5.74, 6) is 2.07. The van der Waals surface area contributed by atoms with Gasteiger partial charge in [0, 0.05) is 0 Å². The average molecular weight is 367 g/mol. The minimum Gasteiger partial charge on any atom is -0.544 e. The molecule has 0 atom stereocenters.